The van der Waals surface area contributed by atoms with E-state index in [9.17, 15) is 0 Å². The van der Waals surface area contributed by atoms with Crippen LogP contribution in [0.25, 0.3) is 0 Å². The van der Waals surface area contributed by atoms with Crippen LogP contribution in [0.2, 0.25) is 0 Å². The van der Waals surface area contributed by atoms with Crippen LogP contribution in [-0.2, 0) is 27.6 Å². The summed E-state index contributed by atoms with van der Waals surface area (Å²) in [5.41, 5.74) is 0. The summed E-state index contributed by atoms with van der Waals surface area (Å²) in [5, 5.41) is 0. The standard InChI is InChI=1S/I2O.Zr/c1-3-2;. The van der Waals surface area contributed by atoms with Gasteiger partial charge in [0, 0.05) is 26.2 Å². The maximum atomic E-state index is 4.19. The molecule has 24 valence electrons. The summed E-state index contributed by atoms with van der Waals surface area (Å²) in [7, 11) is 0. The van der Waals surface area contributed by atoms with Gasteiger partial charge in [0.1, 0.15) is 46.0 Å². The van der Waals surface area contributed by atoms with Gasteiger partial charge in [-0.1, -0.05) is 0 Å². The third-order valence-electron chi connectivity index (χ3n) is 0. The second-order valence-electron chi connectivity index (χ2n) is 0.0583. The second kappa shape index (κ2) is 9.00. The maximum absolute atomic E-state index is 4.19. The van der Waals surface area contributed by atoms with E-state index in [4.69, 9.17) is 0 Å². The van der Waals surface area contributed by atoms with Gasteiger partial charge in [0.05, 0.1) is 0 Å². The SMILES string of the molecule is IOI.[Zr]. The Balaban J connectivity index is 0. The Bertz CT molecular complexity index is 6.00. The fourth-order valence-electron chi connectivity index (χ4n) is 0. The topological polar surface area (TPSA) is 9.23 Å². The first-order valence-corrected chi connectivity index (χ1v) is 2.07. The van der Waals surface area contributed by atoms with Crippen LogP contribution in [0.4, 0.5) is 0 Å². The Morgan fingerprint density at radius 3 is 1.25 bits per heavy atom. The Kier molecular flexibility index (Phi) is 21.5. The van der Waals surface area contributed by atoms with Gasteiger partial charge in [-0.3, -0.25) is 0 Å². The first kappa shape index (κ1) is 9.57. The van der Waals surface area contributed by atoms with Crippen molar-refractivity contribution >= 4 is 46.0 Å². The zero-order valence-electron chi connectivity index (χ0n) is 1.66. The minimum atomic E-state index is 0. The van der Waals surface area contributed by atoms with Crippen molar-refractivity contribution in [2.24, 2.45) is 0 Å². The van der Waals surface area contributed by atoms with Crippen molar-refractivity contribution < 1.29 is 27.6 Å². The summed E-state index contributed by atoms with van der Waals surface area (Å²) >= 11 is 3.55. The third-order valence-corrected chi connectivity index (χ3v) is 0. The van der Waals surface area contributed by atoms with E-state index in [1.807, 2.05) is 0 Å². The minimum absolute atomic E-state index is 0. The molecule has 0 aromatic heterocycles. The Hall–Kier alpha value is 2.30. The van der Waals surface area contributed by atoms with E-state index >= 15 is 0 Å². The summed E-state index contributed by atoms with van der Waals surface area (Å²) in [6, 6.07) is 0. The van der Waals surface area contributed by atoms with Crippen LogP contribution in [0.1, 0.15) is 0 Å². The van der Waals surface area contributed by atoms with Crippen molar-refractivity contribution in [1.82, 2.24) is 0 Å². The van der Waals surface area contributed by atoms with Crippen molar-refractivity contribution in [1.29, 1.82) is 0 Å². The van der Waals surface area contributed by atoms with Gasteiger partial charge in [-0.2, -0.15) is 0 Å². The molecule has 0 radical (unpaired) electrons. The third kappa shape index (κ3) is 8.85. The molecule has 0 rings (SSSR count). The molecule has 0 fully saturated rings. The smallest absolute Gasteiger partial charge is 0.124 e. The number of rotatable bonds is 0. The predicted molar refractivity (Wildman–Crippen MR) is 29.1 cm³/mol. The summed E-state index contributed by atoms with van der Waals surface area (Å²) in [5.74, 6) is 0. The van der Waals surface area contributed by atoms with Crippen LogP contribution < -0.4 is 0 Å². The molecule has 0 unspecified atom stereocenters. The van der Waals surface area contributed by atoms with Gasteiger partial charge in [-0.05, 0) is 0 Å². The van der Waals surface area contributed by atoms with Gasteiger partial charge in [-0.25, -0.2) is 1.40 Å². The van der Waals surface area contributed by atoms with Crippen LogP contribution in [-0.4, -0.2) is 0 Å². The zero-order chi connectivity index (χ0) is 2.71. The minimum Gasteiger partial charge on any atom is -0.247 e. The molecule has 0 aliphatic rings. The molecule has 0 saturated carbocycles. The number of halogens is 2. The molecule has 0 aromatic rings. The summed E-state index contributed by atoms with van der Waals surface area (Å²) in [6.45, 7) is 0. The molecule has 0 spiro atoms. The molecule has 4 heteroatoms. The molecule has 0 aliphatic carbocycles. The molecule has 0 bridgehead atoms. The van der Waals surface area contributed by atoms with Gasteiger partial charge in [0.25, 0.3) is 0 Å². The van der Waals surface area contributed by atoms with Crippen molar-refractivity contribution in [3.05, 3.63) is 0 Å². The molecule has 0 N–H and O–H groups in total. The van der Waals surface area contributed by atoms with Gasteiger partial charge in [0.2, 0.25) is 0 Å². The molecular formula is I2OZr. The van der Waals surface area contributed by atoms with Crippen molar-refractivity contribution in [3.63, 3.8) is 0 Å². The molecule has 4 heavy (non-hydrogen) atoms. The van der Waals surface area contributed by atoms with Crippen LogP contribution in [0.5, 0.6) is 0 Å². The molecule has 1 nitrogen and oxygen atoms in total. The average molecular weight is 361 g/mol. The maximum Gasteiger partial charge on any atom is 0.124 e. The molecule has 0 heterocycles. The van der Waals surface area contributed by atoms with E-state index in [0.717, 1.165) is 0 Å². The largest absolute Gasteiger partial charge is 0.247 e. The fraction of sp³-hybridized carbons (Fsp3) is 0. The average Bonchev–Trinajstić information content (AvgIpc) is 0.918. The Labute approximate surface area is 72.4 Å². The first-order chi connectivity index (χ1) is 1.41. The van der Waals surface area contributed by atoms with E-state index in [0.29, 0.717) is 0 Å². The first-order valence-electron chi connectivity index (χ1n) is 0.309. The van der Waals surface area contributed by atoms with Crippen LogP contribution in [0, 0.1) is 0 Å². The van der Waals surface area contributed by atoms with Crippen molar-refractivity contribution in [2.75, 3.05) is 0 Å². The molecule has 0 aliphatic heterocycles. The predicted octanol–water partition coefficient (Wildman–Crippen LogP) is 1.70. The fourth-order valence-corrected chi connectivity index (χ4v) is 0. The van der Waals surface area contributed by atoms with E-state index in [-0.39, 0.29) is 26.2 Å². The van der Waals surface area contributed by atoms with E-state index in [1.54, 1.807) is 46.0 Å². The summed E-state index contributed by atoms with van der Waals surface area (Å²) < 4.78 is 4.19. The van der Waals surface area contributed by atoms with Gasteiger partial charge in [-0.15, -0.1) is 0 Å². The van der Waals surface area contributed by atoms with Crippen LogP contribution in [0.15, 0.2) is 0 Å². The molecular weight excluding hydrogens is 361 g/mol. The summed E-state index contributed by atoms with van der Waals surface area (Å²) in [6.07, 6.45) is 0. The second-order valence-corrected chi connectivity index (χ2v) is 2.62. The van der Waals surface area contributed by atoms with Gasteiger partial charge < -0.3 is 0 Å². The van der Waals surface area contributed by atoms with E-state index < -0.39 is 0 Å². The Morgan fingerprint density at radius 1 is 1.25 bits per heavy atom. The quantitative estimate of drug-likeness (QED) is 0.597. The van der Waals surface area contributed by atoms with Gasteiger partial charge >= 0.3 is 0 Å². The normalized spacial score (nSPS) is 4.50. The zero-order valence-corrected chi connectivity index (χ0v) is 8.44. The molecule has 0 aromatic carbocycles. The number of hydrogen-bond acceptors (Lipinski definition) is 1. The van der Waals surface area contributed by atoms with Crippen molar-refractivity contribution in [3.8, 4) is 0 Å². The van der Waals surface area contributed by atoms with Gasteiger partial charge in [0.15, 0.2) is 0 Å². The van der Waals surface area contributed by atoms with Crippen molar-refractivity contribution in [2.45, 2.75) is 0 Å². The van der Waals surface area contributed by atoms with E-state index in [2.05, 4.69) is 1.40 Å². The monoisotopic (exact) mass is 360 g/mol. The molecule has 0 saturated heterocycles. The van der Waals surface area contributed by atoms with Crippen LogP contribution >= 0.6 is 46.0 Å². The van der Waals surface area contributed by atoms with E-state index in [1.165, 1.54) is 0 Å². The molecule has 0 atom stereocenters. The number of hydrogen-bond donors (Lipinski definition) is 0. The summed E-state index contributed by atoms with van der Waals surface area (Å²) in [4.78, 5) is 0. The molecule has 0 amide bonds. The van der Waals surface area contributed by atoms with Crippen LogP contribution in [0.3, 0.4) is 0 Å². The Morgan fingerprint density at radius 2 is 1.25 bits per heavy atom.